The molecule has 1 aromatic heterocycles. The molecule has 1 unspecified atom stereocenters. The molecule has 3 aromatic rings. The van der Waals surface area contributed by atoms with Crippen LogP contribution in [0.4, 0.5) is 40.7 Å². The molecule has 1 aliphatic carbocycles. The first-order valence-corrected chi connectivity index (χ1v) is 22.4. The minimum Gasteiger partial charge on any atom is -0.388 e. The number of piperidine rings is 2. The van der Waals surface area contributed by atoms with Crippen molar-refractivity contribution in [2.75, 3.05) is 61.0 Å². The number of fused-ring (bicyclic) bond motifs is 3. The lowest BCUT2D eigenvalue weighted by atomic mass is 9.71. The number of rotatable bonds is 10. The Hall–Kier alpha value is -4.14. The van der Waals surface area contributed by atoms with E-state index in [9.17, 15) is 36.3 Å². The third-order valence-electron chi connectivity index (χ3n) is 12.9. The molecule has 14 nitrogen and oxygen atoms in total. The molecule has 330 valence electrons. The fraction of sp³-hybridized carbons (Fsp3) is 0.561. The number of alkyl halides is 3. The van der Waals surface area contributed by atoms with Crippen molar-refractivity contribution < 1.29 is 45.4 Å². The van der Waals surface area contributed by atoms with E-state index in [2.05, 4.69) is 42.0 Å². The predicted octanol–water partition coefficient (Wildman–Crippen LogP) is 5.47. The molecule has 5 saturated heterocycles. The molecule has 61 heavy (non-hydrogen) atoms. The number of carbonyl (C=O) groups is 2. The highest BCUT2D eigenvalue weighted by molar-refractivity contribution is 7.89. The van der Waals surface area contributed by atoms with Crippen molar-refractivity contribution in [3.8, 4) is 0 Å². The van der Waals surface area contributed by atoms with Crippen LogP contribution in [0.3, 0.4) is 0 Å². The summed E-state index contributed by atoms with van der Waals surface area (Å²) in [5.74, 6) is -2.74. The first-order valence-electron chi connectivity index (χ1n) is 20.5. The van der Waals surface area contributed by atoms with Gasteiger partial charge in [-0.05, 0) is 94.7 Å². The van der Waals surface area contributed by atoms with E-state index < -0.39 is 56.1 Å². The average Bonchev–Trinajstić information content (AvgIpc) is 3.19. The number of hydrogen-bond acceptors (Lipinski definition) is 12. The van der Waals surface area contributed by atoms with E-state index in [0.717, 1.165) is 23.9 Å². The summed E-state index contributed by atoms with van der Waals surface area (Å²) in [7, 11) is -4.22. The Labute approximate surface area is 356 Å². The van der Waals surface area contributed by atoms with Crippen LogP contribution in [-0.4, -0.2) is 109 Å². The minimum atomic E-state index is -4.78. The Kier molecular flexibility index (Phi) is 11.6. The number of piperazine rings is 1. The predicted molar refractivity (Wildman–Crippen MR) is 219 cm³/mol. The van der Waals surface area contributed by atoms with Crippen LogP contribution in [0.15, 0.2) is 47.5 Å². The number of aromatic nitrogens is 2. The van der Waals surface area contributed by atoms with Gasteiger partial charge in [0.15, 0.2) is 0 Å². The zero-order chi connectivity index (χ0) is 43.5. The number of halogens is 5. The van der Waals surface area contributed by atoms with Crippen molar-refractivity contribution in [2.45, 2.75) is 105 Å². The number of carbonyl (C=O) groups excluding carboxylic acids is 2. The maximum Gasteiger partial charge on any atom is 0.421 e. The standard InChI is InChI=1S/C41H49ClF4N8O6S/c1-25-21-52(33-8-4-26(18-30(33)42)28-6-9-34(55)49-36(28)56)16-17-53(25)23-40-13-11-39(12-14-40,24-60-40)51-61(58,59)27-5-7-32(31(43)19-27)48-37-47-20-29(41(44,45)46)35(50-37)54-15-3-10-38(2,57)22-54/h4-5,7-8,18-20,25,28,51,57H,3,6,9-17,21-24H2,1-2H3,(H,47,48,50)(H,49,55,56)/t25-,28?,38-,39?,40?/m0/s1. The number of ether oxygens (including phenoxy) is 1. The summed E-state index contributed by atoms with van der Waals surface area (Å²) in [5, 5.41) is 16.1. The molecular weight excluding hydrogens is 844 g/mol. The van der Waals surface area contributed by atoms with Gasteiger partial charge < -0.3 is 25.0 Å². The molecule has 20 heteroatoms. The molecule has 6 fully saturated rings. The van der Waals surface area contributed by atoms with Gasteiger partial charge in [0.1, 0.15) is 17.2 Å². The quantitative estimate of drug-likeness (QED) is 0.150. The zero-order valence-corrected chi connectivity index (χ0v) is 35.4. The molecule has 4 N–H and O–H groups in total. The van der Waals surface area contributed by atoms with Crippen LogP contribution in [0.1, 0.15) is 82.3 Å². The van der Waals surface area contributed by atoms with E-state index >= 15 is 4.39 Å². The Morgan fingerprint density at radius 3 is 2.46 bits per heavy atom. The normalized spacial score (nSPS) is 28.9. The van der Waals surface area contributed by atoms with Crippen LogP contribution in [-0.2, 0) is 30.5 Å². The van der Waals surface area contributed by atoms with Crippen LogP contribution in [0.5, 0.6) is 0 Å². The minimum absolute atomic E-state index is 0.0877. The lowest BCUT2D eigenvalue weighted by molar-refractivity contribution is -0.169. The molecule has 2 amide bonds. The van der Waals surface area contributed by atoms with E-state index in [1.165, 1.54) is 24.0 Å². The second kappa shape index (κ2) is 16.2. The van der Waals surface area contributed by atoms with Crippen LogP contribution in [0.2, 0.25) is 5.02 Å². The number of nitrogens with zero attached hydrogens (tertiary/aromatic N) is 5. The lowest BCUT2D eigenvalue weighted by Gasteiger charge is -2.55. The van der Waals surface area contributed by atoms with Gasteiger partial charge in [-0.3, -0.25) is 19.8 Å². The first-order chi connectivity index (χ1) is 28.7. The fourth-order valence-electron chi connectivity index (χ4n) is 9.43. The molecule has 2 bridgehead atoms. The molecule has 1 saturated carbocycles. The van der Waals surface area contributed by atoms with E-state index in [1.54, 1.807) is 0 Å². The third-order valence-corrected chi connectivity index (χ3v) is 14.8. The number of amides is 2. The van der Waals surface area contributed by atoms with Gasteiger partial charge in [0.25, 0.3) is 0 Å². The molecule has 0 radical (unpaired) electrons. The highest BCUT2D eigenvalue weighted by atomic mass is 35.5. The summed E-state index contributed by atoms with van der Waals surface area (Å²) in [6.45, 7) is 6.82. The molecular formula is C41H49ClF4N8O6S. The van der Waals surface area contributed by atoms with Gasteiger partial charge in [-0.25, -0.2) is 22.5 Å². The average molecular weight is 893 g/mol. The van der Waals surface area contributed by atoms with Gasteiger partial charge in [-0.15, -0.1) is 0 Å². The summed E-state index contributed by atoms with van der Waals surface area (Å²) >= 11 is 6.76. The highest BCUT2D eigenvalue weighted by Gasteiger charge is 2.52. The SMILES string of the molecule is C[C@H]1CN(c2ccc(C3CCC(=O)NC3=O)cc2Cl)CCN1CC12CCC(NS(=O)(=O)c3ccc(Nc4ncc(C(F)(F)F)c(N5CCC[C@](C)(O)C5)n4)c(F)c3)(CC1)CO2. The van der Waals surface area contributed by atoms with E-state index in [0.29, 0.717) is 75.8 Å². The molecule has 0 spiro atoms. The number of β-amino-alcohol motifs (C(OH)–C–C–N with tert-alkyl or cyclic N) is 1. The molecule has 9 rings (SSSR count). The summed E-state index contributed by atoms with van der Waals surface area (Å²) in [6, 6.07) is 9.02. The zero-order valence-electron chi connectivity index (χ0n) is 33.8. The molecule has 3 atom stereocenters. The summed E-state index contributed by atoms with van der Waals surface area (Å²) in [6.07, 6.45) is -0.293. The Balaban J connectivity index is 0.870. The fourth-order valence-corrected chi connectivity index (χ4v) is 11.2. The van der Waals surface area contributed by atoms with E-state index in [-0.39, 0.29) is 60.5 Å². The van der Waals surface area contributed by atoms with Crippen LogP contribution in [0.25, 0.3) is 0 Å². The van der Waals surface area contributed by atoms with E-state index in [1.807, 2.05) is 18.2 Å². The Morgan fingerprint density at radius 1 is 1.05 bits per heavy atom. The Bertz CT molecular complexity index is 2290. The number of hydrogen-bond donors (Lipinski definition) is 4. The second-order valence-electron chi connectivity index (χ2n) is 17.6. The van der Waals surface area contributed by atoms with Crippen molar-refractivity contribution in [3.63, 3.8) is 0 Å². The van der Waals surface area contributed by atoms with Gasteiger partial charge in [-0.2, -0.15) is 18.2 Å². The molecule has 2 aromatic carbocycles. The number of imide groups is 1. The third kappa shape index (κ3) is 9.18. The summed E-state index contributed by atoms with van der Waals surface area (Å²) in [4.78, 5) is 37.4. The summed E-state index contributed by atoms with van der Waals surface area (Å²) < 4.78 is 93.9. The number of sulfonamides is 1. The van der Waals surface area contributed by atoms with Crippen molar-refractivity contribution in [1.82, 2.24) is 24.9 Å². The Morgan fingerprint density at radius 2 is 1.82 bits per heavy atom. The van der Waals surface area contributed by atoms with Crippen molar-refractivity contribution in [1.29, 1.82) is 0 Å². The van der Waals surface area contributed by atoms with Gasteiger partial charge >= 0.3 is 6.18 Å². The van der Waals surface area contributed by atoms with Crippen LogP contribution in [0, 0.1) is 5.82 Å². The number of aliphatic hydroxyl groups is 1. The van der Waals surface area contributed by atoms with Gasteiger partial charge in [-0.1, -0.05) is 17.7 Å². The van der Waals surface area contributed by atoms with Gasteiger partial charge in [0.05, 0.1) is 50.6 Å². The molecule has 6 aliphatic rings. The van der Waals surface area contributed by atoms with Crippen molar-refractivity contribution in [2.24, 2.45) is 0 Å². The lowest BCUT2D eigenvalue weighted by Crippen LogP contribution is -2.66. The largest absolute Gasteiger partial charge is 0.421 e. The number of benzene rings is 2. The number of nitrogens with one attached hydrogen (secondary N) is 3. The molecule has 5 aliphatic heterocycles. The topological polar surface area (TPSA) is 169 Å². The van der Waals surface area contributed by atoms with Crippen LogP contribution < -0.4 is 25.2 Å². The van der Waals surface area contributed by atoms with Gasteiger partial charge in [0.2, 0.25) is 27.8 Å². The second-order valence-corrected chi connectivity index (χ2v) is 19.6. The first kappa shape index (κ1) is 43.5. The van der Waals surface area contributed by atoms with Gasteiger partial charge in [0, 0.05) is 57.9 Å². The molecule has 6 heterocycles. The van der Waals surface area contributed by atoms with Crippen molar-refractivity contribution in [3.05, 3.63) is 64.6 Å². The maximum atomic E-state index is 15.5. The van der Waals surface area contributed by atoms with E-state index in [4.69, 9.17) is 16.3 Å². The monoisotopic (exact) mass is 892 g/mol. The van der Waals surface area contributed by atoms with Crippen molar-refractivity contribution >= 4 is 56.6 Å². The number of anilines is 4. The smallest absolute Gasteiger partial charge is 0.388 e. The van der Waals surface area contributed by atoms with Crippen LogP contribution >= 0.6 is 11.6 Å². The highest BCUT2D eigenvalue weighted by Crippen LogP contribution is 2.46. The summed E-state index contributed by atoms with van der Waals surface area (Å²) in [5.41, 5.74) is -2.22. The maximum absolute atomic E-state index is 15.5.